The predicted octanol–water partition coefficient (Wildman–Crippen LogP) is 2.68. The van der Waals surface area contributed by atoms with E-state index in [0.717, 1.165) is 29.4 Å². The van der Waals surface area contributed by atoms with Crippen LogP contribution >= 0.6 is 11.3 Å². The van der Waals surface area contributed by atoms with E-state index >= 15 is 0 Å². The minimum Gasteiger partial charge on any atom is -0.376 e. The topological polar surface area (TPSA) is 54.0 Å². The molecule has 0 unspecified atom stereocenters. The number of rotatable bonds is 4. The Kier molecular flexibility index (Phi) is 3.46. The quantitative estimate of drug-likeness (QED) is 0.900. The minimum absolute atomic E-state index is 0.0590. The standard InChI is InChI=1S/C14H15N3OS/c18-13(9-15-10-5-2-1-3-6-10)17-14-16-11-7-4-8-12(11)19-14/h1-3,5-6,15H,4,7-9H2,(H,16,17,18). The van der Waals surface area contributed by atoms with E-state index in [-0.39, 0.29) is 12.5 Å². The maximum atomic E-state index is 11.8. The smallest absolute Gasteiger partial charge is 0.245 e. The van der Waals surface area contributed by atoms with E-state index in [1.165, 1.54) is 11.3 Å². The Morgan fingerprint density at radius 2 is 2.11 bits per heavy atom. The molecule has 2 N–H and O–H groups in total. The molecule has 0 saturated heterocycles. The van der Waals surface area contributed by atoms with E-state index in [1.54, 1.807) is 11.3 Å². The van der Waals surface area contributed by atoms with Gasteiger partial charge in [-0.1, -0.05) is 18.2 Å². The van der Waals surface area contributed by atoms with Gasteiger partial charge in [0.2, 0.25) is 5.91 Å². The zero-order chi connectivity index (χ0) is 13.1. The SMILES string of the molecule is O=C(CNc1ccccc1)Nc1nc2c(s1)CCC2. The fraction of sp³-hybridized carbons (Fsp3) is 0.286. The highest BCUT2D eigenvalue weighted by Gasteiger charge is 2.17. The molecule has 1 heterocycles. The lowest BCUT2D eigenvalue weighted by Gasteiger charge is -2.05. The normalized spacial score (nSPS) is 13.1. The largest absolute Gasteiger partial charge is 0.376 e. The van der Waals surface area contributed by atoms with Crippen molar-refractivity contribution in [2.75, 3.05) is 17.2 Å². The van der Waals surface area contributed by atoms with Gasteiger partial charge in [0.25, 0.3) is 0 Å². The third-order valence-electron chi connectivity index (χ3n) is 3.07. The average Bonchev–Trinajstić information content (AvgIpc) is 2.98. The van der Waals surface area contributed by atoms with Gasteiger partial charge in [-0.05, 0) is 31.4 Å². The van der Waals surface area contributed by atoms with Crippen LogP contribution in [0.1, 0.15) is 17.0 Å². The zero-order valence-corrected chi connectivity index (χ0v) is 11.3. The van der Waals surface area contributed by atoms with Gasteiger partial charge in [0, 0.05) is 10.6 Å². The summed E-state index contributed by atoms with van der Waals surface area (Å²) in [7, 11) is 0. The van der Waals surface area contributed by atoms with Crippen molar-refractivity contribution in [3.8, 4) is 0 Å². The number of aromatic nitrogens is 1. The molecule has 19 heavy (non-hydrogen) atoms. The lowest BCUT2D eigenvalue weighted by atomic mass is 10.3. The first-order chi connectivity index (χ1) is 9.31. The van der Waals surface area contributed by atoms with Gasteiger partial charge >= 0.3 is 0 Å². The summed E-state index contributed by atoms with van der Waals surface area (Å²) in [6.07, 6.45) is 3.34. The predicted molar refractivity (Wildman–Crippen MR) is 77.7 cm³/mol. The Labute approximate surface area is 115 Å². The van der Waals surface area contributed by atoms with Crippen molar-refractivity contribution in [3.05, 3.63) is 40.9 Å². The number of hydrogen-bond donors (Lipinski definition) is 2. The molecule has 4 nitrogen and oxygen atoms in total. The summed E-state index contributed by atoms with van der Waals surface area (Å²) in [4.78, 5) is 17.6. The fourth-order valence-electron chi connectivity index (χ4n) is 2.15. The van der Waals surface area contributed by atoms with Gasteiger partial charge in [-0.25, -0.2) is 4.98 Å². The molecule has 0 aliphatic heterocycles. The second-order valence-electron chi connectivity index (χ2n) is 4.51. The van der Waals surface area contributed by atoms with Crippen LogP contribution in [0.3, 0.4) is 0 Å². The van der Waals surface area contributed by atoms with Crippen LogP contribution in [0.15, 0.2) is 30.3 Å². The molecule has 0 spiro atoms. The Morgan fingerprint density at radius 3 is 2.89 bits per heavy atom. The number of anilines is 2. The number of carbonyl (C=O) groups is 1. The number of aryl methyl sites for hydroxylation is 2. The molecule has 2 aromatic rings. The molecule has 1 aliphatic carbocycles. The first-order valence-corrected chi connectivity index (χ1v) is 7.20. The summed E-state index contributed by atoms with van der Waals surface area (Å²) >= 11 is 1.60. The van der Waals surface area contributed by atoms with Gasteiger partial charge < -0.3 is 10.6 Å². The van der Waals surface area contributed by atoms with Crippen LogP contribution in [-0.4, -0.2) is 17.4 Å². The molecule has 98 valence electrons. The Hall–Kier alpha value is -1.88. The summed E-state index contributed by atoms with van der Waals surface area (Å²) in [5, 5.41) is 6.65. The number of nitrogens with one attached hydrogen (secondary N) is 2. The van der Waals surface area contributed by atoms with Crippen molar-refractivity contribution in [2.24, 2.45) is 0 Å². The average molecular weight is 273 g/mol. The van der Waals surface area contributed by atoms with Gasteiger partial charge in [-0.15, -0.1) is 11.3 Å². The van der Waals surface area contributed by atoms with Gasteiger partial charge in [-0.3, -0.25) is 4.79 Å². The zero-order valence-electron chi connectivity index (χ0n) is 10.5. The van der Waals surface area contributed by atoms with Crippen molar-refractivity contribution in [1.29, 1.82) is 0 Å². The lowest BCUT2D eigenvalue weighted by Crippen LogP contribution is -2.21. The van der Waals surface area contributed by atoms with E-state index in [4.69, 9.17) is 0 Å². The summed E-state index contributed by atoms with van der Waals surface area (Å²) in [5.74, 6) is -0.0590. The van der Waals surface area contributed by atoms with Crippen LogP contribution in [0.5, 0.6) is 0 Å². The fourth-order valence-corrected chi connectivity index (χ4v) is 3.21. The molecular weight excluding hydrogens is 258 g/mol. The second-order valence-corrected chi connectivity index (χ2v) is 5.59. The van der Waals surface area contributed by atoms with E-state index in [9.17, 15) is 4.79 Å². The van der Waals surface area contributed by atoms with Crippen molar-refractivity contribution in [2.45, 2.75) is 19.3 Å². The first-order valence-electron chi connectivity index (χ1n) is 6.38. The molecule has 0 fully saturated rings. The number of nitrogens with zero attached hydrogens (tertiary/aromatic N) is 1. The lowest BCUT2D eigenvalue weighted by molar-refractivity contribution is -0.114. The summed E-state index contributed by atoms with van der Waals surface area (Å²) in [5.41, 5.74) is 2.11. The minimum atomic E-state index is -0.0590. The van der Waals surface area contributed by atoms with E-state index in [2.05, 4.69) is 15.6 Å². The van der Waals surface area contributed by atoms with Gasteiger partial charge in [-0.2, -0.15) is 0 Å². The van der Waals surface area contributed by atoms with E-state index in [0.29, 0.717) is 0 Å². The second kappa shape index (κ2) is 5.40. The summed E-state index contributed by atoms with van der Waals surface area (Å²) < 4.78 is 0. The third-order valence-corrected chi connectivity index (χ3v) is 4.14. The van der Waals surface area contributed by atoms with Crippen LogP contribution in [0.2, 0.25) is 0 Å². The molecule has 1 aliphatic rings. The van der Waals surface area contributed by atoms with E-state index < -0.39 is 0 Å². The molecule has 3 rings (SSSR count). The van der Waals surface area contributed by atoms with Crippen molar-refractivity contribution in [3.63, 3.8) is 0 Å². The van der Waals surface area contributed by atoms with Gasteiger partial charge in [0.15, 0.2) is 5.13 Å². The molecule has 0 bridgehead atoms. The molecular formula is C14H15N3OS. The van der Waals surface area contributed by atoms with Crippen molar-refractivity contribution < 1.29 is 4.79 Å². The Bertz CT molecular complexity index is 558. The third kappa shape index (κ3) is 2.93. The van der Waals surface area contributed by atoms with E-state index in [1.807, 2.05) is 30.3 Å². The van der Waals surface area contributed by atoms with Crippen LogP contribution in [0.25, 0.3) is 0 Å². The molecule has 5 heteroatoms. The van der Waals surface area contributed by atoms with Crippen LogP contribution in [0.4, 0.5) is 10.8 Å². The van der Waals surface area contributed by atoms with Crippen molar-refractivity contribution >= 4 is 28.1 Å². The monoisotopic (exact) mass is 273 g/mol. The van der Waals surface area contributed by atoms with Crippen molar-refractivity contribution in [1.82, 2.24) is 4.98 Å². The number of amides is 1. The number of thiazole rings is 1. The molecule has 0 saturated carbocycles. The van der Waals surface area contributed by atoms with Gasteiger partial charge in [0.1, 0.15) is 0 Å². The first kappa shape index (κ1) is 12.2. The Morgan fingerprint density at radius 1 is 1.26 bits per heavy atom. The van der Waals surface area contributed by atoms with Gasteiger partial charge in [0.05, 0.1) is 12.2 Å². The summed E-state index contributed by atoms with van der Waals surface area (Å²) in [6, 6.07) is 9.69. The number of benzene rings is 1. The highest BCUT2D eigenvalue weighted by Crippen LogP contribution is 2.30. The number of para-hydroxylation sites is 1. The Balaban J connectivity index is 1.53. The van der Waals surface area contributed by atoms with Crippen LogP contribution in [-0.2, 0) is 17.6 Å². The number of hydrogen-bond acceptors (Lipinski definition) is 4. The maximum Gasteiger partial charge on any atom is 0.245 e. The number of fused-ring (bicyclic) bond motifs is 1. The molecule has 1 aromatic carbocycles. The molecule has 0 atom stereocenters. The molecule has 1 amide bonds. The molecule has 0 radical (unpaired) electrons. The maximum absolute atomic E-state index is 11.8. The van der Waals surface area contributed by atoms with Crippen LogP contribution in [0, 0.1) is 0 Å². The number of carbonyl (C=O) groups excluding carboxylic acids is 1. The highest BCUT2D eigenvalue weighted by molar-refractivity contribution is 7.15. The molecule has 1 aromatic heterocycles. The van der Waals surface area contributed by atoms with Crippen LogP contribution < -0.4 is 10.6 Å². The highest BCUT2D eigenvalue weighted by atomic mass is 32.1. The summed E-state index contributed by atoms with van der Waals surface area (Å²) in [6.45, 7) is 0.258.